The fourth-order valence-electron chi connectivity index (χ4n) is 2.84. The maximum absolute atomic E-state index is 12.4. The highest BCUT2D eigenvalue weighted by Crippen LogP contribution is 2.29. The van der Waals surface area contributed by atoms with Gasteiger partial charge in [0.1, 0.15) is 5.76 Å². The molecule has 6 nitrogen and oxygen atoms in total. The smallest absolute Gasteiger partial charge is 0.276 e. The van der Waals surface area contributed by atoms with Crippen LogP contribution >= 0.6 is 0 Å². The van der Waals surface area contributed by atoms with Gasteiger partial charge < -0.3 is 19.0 Å². The zero-order valence-corrected chi connectivity index (χ0v) is 12.7. The molecule has 0 unspecified atom stereocenters. The molecule has 6 heteroatoms. The molecule has 2 aliphatic rings. The number of hydrogen-bond donors (Lipinski definition) is 0. The fraction of sp³-hybridized carbons (Fsp3) is 0.733. The van der Waals surface area contributed by atoms with Crippen LogP contribution in [0.1, 0.15) is 29.1 Å². The van der Waals surface area contributed by atoms with Crippen LogP contribution in [0.4, 0.5) is 0 Å². The van der Waals surface area contributed by atoms with Crippen LogP contribution in [0.5, 0.6) is 0 Å². The molecule has 1 aromatic rings. The van der Waals surface area contributed by atoms with Crippen LogP contribution < -0.4 is 0 Å². The molecule has 0 radical (unpaired) electrons. The molecule has 1 saturated heterocycles. The molecule has 0 aromatic carbocycles. The Morgan fingerprint density at radius 1 is 1.48 bits per heavy atom. The molecule has 2 fully saturated rings. The summed E-state index contributed by atoms with van der Waals surface area (Å²) >= 11 is 0. The van der Waals surface area contributed by atoms with Crippen molar-refractivity contribution < 1.29 is 13.9 Å². The van der Waals surface area contributed by atoms with Crippen molar-refractivity contribution >= 4 is 5.91 Å². The molecule has 1 atom stereocenters. The largest absolute Gasteiger partial charge is 0.448 e. The van der Waals surface area contributed by atoms with Gasteiger partial charge in [-0.2, -0.15) is 0 Å². The molecule has 0 bridgehead atoms. The molecule has 0 spiro atoms. The molecule has 1 saturated carbocycles. The molecule has 3 rings (SSSR count). The number of morpholine rings is 1. The topological polar surface area (TPSA) is 58.8 Å². The van der Waals surface area contributed by atoms with E-state index in [9.17, 15) is 4.79 Å². The van der Waals surface area contributed by atoms with E-state index >= 15 is 0 Å². The fourth-order valence-corrected chi connectivity index (χ4v) is 2.84. The zero-order chi connectivity index (χ0) is 14.8. The van der Waals surface area contributed by atoms with Gasteiger partial charge in [0.15, 0.2) is 12.1 Å². The first-order valence-corrected chi connectivity index (χ1v) is 7.63. The summed E-state index contributed by atoms with van der Waals surface area (Å²) in [6.45, 7) is 5.61. The molecule has 0 N–H and O–H groups in total. The minimum atomic E-state index is -0.0561. The maximum atomic E-state index is 12.4. The van der Waals surface area contributed by atoms with Crippen LogP contribution in [0.2, 0.25) is 0 Å². The lowest BCUT2D eigenvalue weighted by Gasteiger charge is -2.34. The van der Waals surface area contributed by atoms with Crippen molar-refractivity contribution in [1.82, 2.24) is 14.8 Å². The van der Waals surface area contributed by atoms with Crippen LogP contribution in [-0.4, -0.2) is 66.6 Å². The highest BCUT2D eigenvalue weighted by atomic mass is 16.5. The van der Waals surface area contributed by atoms with Crippen molar-refractivity contribution in [3.05, 3.63) is 17.8 Å². The van der Waals surface area contributed by atoms with E-state index in [1.54, 1.807) is 6.92 Å². The number of aromatic nitrogens is 1. The third kappa shape index (κ3) is 3.63. The average Bonchev–Trinajstić information content (AvgIpc) is 3.17. The Labute approximate surface area is 125 Å². The highest BCUT2D eigenvalue weighted by molar-refractivity contribution is 5.93. The van der Waals surface area contributed by atoms with Gasteiger partial charge >= 0.3 is 0 Å². The number of oxazole rings is 1. The van der Waals surface area contributed by atoms with Crippen molar-refractivity contribution in [2.45, 2.75) is 25.9 Å². The second-order valence-electron chi connectivity index (χ2n) is 6.17. The van der Waals surface area contributed by atoms with Crippen LogP contribution in [0.3, 0.4) is 0 Å². The first-order chi connectivity index (χ1) is 10.1. The van der Waals surface area contributed by atoms with E-state index in [-0.39, 0.29) is 12.0 Å². The zero-order valence-electron chi connectivity index (χ0n) is 12.7. The monoisotopic (exact) mass is 293 g/mol. The summed E-state index contributed by atoms with van der Waals surface area (Å²) in [6.07, 6.45) is 4.11. The predicted molar refractivity (Wildman–Crippen MR) is 77.1 cm³/mol. The van der Waals surface area contributed by atoms with Gasteiger partial charge in [-0.1, -0.05) is 0 Å². The van der Waals surface area contributed by atoms with E-state index in [1.165, 1.54) is 19.2 Å². The maximum Gasteiger partial charge on any atom is 0.276 e. The van der Waals surface area contributed by atoms with Crippen molar-refractivity contribution in [2.75, 3.05) is 39.8 Å². The van der Waals surface area contributed by atoms with E-state index in [2.05, 4.69) is 16.9 Å². The van der Waals surface area contributed by atoms with Gasteiger partial charge in [-0.3, -0.25) is 4.79 Å². The number of likely N-dealkylation sites (N-methyl/N-ethyl adjacent to an activating group) is 1. The Hall–Kier alpha value is -1.40. The Morgan fingerprint density at radius 3 is 2.95 bits per heavy atom. The normalized spacial score (nSPS) is 22.8. The van der Waals surface area contributed by atoms with Crippen molar-refractivity contribution in [2.24, 2.45) is 5.92 Å². The van der Waals surface area contributed by atoms with Crippen LogP contribution in [-0.2, 0) is 4.74 Å². The molecule has 116 valence electrons. The summed E-state index contributed by atoms with van der Waals surface area (Å²) in [6, 6.07) is 0. The average molecular weight is 293 g/mol. The molecule has 2 heterocycles. The first-order valence-electron chi connectivity index (χ1n) is 7.63. The summed E-state index contributed by atoms with van der Waals surface area (Å²) < 4.78 is 10.9. The van der Waals surface area contributed by atoms with Gasteiger partial charge in [0.2, 0.25) is 0 Å². The first kappa shape index (κ1) is 14.5. The number of carbonyl (C=O) groups is 1. The standard InChI is InChI=1S/C15H23N3O3/c1-11-14(16-10-21-11)15(19)18-5-6-20-13(9-18)8-17(2)7-12-3-4-12/h10,12-13H,3-9H2,1-2H3/t13-/m0/s1. The Morgan fingerprint density at radius 2 is 2.29 bits per heavy atom. The molecule has 1 aromatic heterocycles. The number of carbonyl (C=O) groups excluding carboxylic acids is 1. The second kappa shape index (κ2) is 6.15. The number of amides is 1. The second-order valence-corrected chi connectivity index (χ2v) is 6.17. The molecular formula is C15H23N3O3. The minimum absolute atomic E-state index is 0.0561. The van der Waals surface area contributed by atoms with Gasteiger partial charge in [0.25, 0.3) is 5.91 Å². The predicted octanol–water partition coefficient (Wildman–Crippen LogP) is 1.17. The molecule has 1 amide bonds. The third-order valence-electron chi connectivity index (χ3n) is 4.16. The Bertz CT molecular complexity index is 498. The third-order valence-corrected chi connectivity index (χ3v) is 4.16. The lowest BCUT2D eigenvalue weighted by molar-refractivity contribution is -0.0335. The number of rotatable bonds is 5. The highest BCUT2D eigenvalue weighted by Gasteiger charge is 2.29. The van der Waals surface area contributed by atoms with Gasteiger partial charge in [0.05, 0.1) is 12.7 Å². The van der Waals surface area contributed by atoms with Crippen molar-refractivity contribution in [1.29, 1.82) is 0 Å². The number of hydrogen-bond acceptors (Lipinski definition) is 5. The van der Waals surface area contributed by atoms with Gasteiger partial charge in [-0.05, 0) is 32.7 Å². The summed E-state index contributed by atoms with van der Waals surface area (Å²) in [5, 5.41) is 0. The summed E-state index contributed by atoms with van der Waals surface area (Å²) in [5.74, 6) is 1.39. The molecule has 1 aliphatic carbocycles. The Balaban J connectivity index is 1.55. The summed E-state index contributed by atoms with van der Waals surface area (Å²) in [4.78, 5) is 20.6. The molecular weight excluding hydrogens is 270 g/mol. The number of aryl methyl sites for hydroxylation is 1. The van der Waals surface area contributed by atoms with Crippen molar-refractivity contribution in [3.8, 4) is 0 Å². The van der Waals surface area contributed by atoms with E-state index in [1.807, 2.05) is 4.90 Å². The van der Waals surface area contributed by atoms with Crippen LogP contribution in [0, 0.1) is 12.8 Å². The van der Waals surface area contributed by atoms with Gasteiger partial charge in [-0.25, -0.2) is 4.98 Å². The van der Waals surface area contributed by atoms with Crippen LogP contribution in [0.15, 0.2) is 10.8 Å². The number of nitrogens with zero attached hydrogens (tertiary/aromatic N) is 3. The minimum Gasteiger partial charge on any atom is -0.448 e. The summed E-state index contributed by atoms with van der Waals surface area (Å²) in [5.41, 5.74) is 0.419. The van der Waals surface area contributed by atoms with Crippen LogP contribution in [0.25, 0.3) is 0 Å². The lowest BCUT2D eigenvalue weighted by atomic mass is 10.2. The van der Waals surface area contributed by atoms with Gasteiger partial charge in [0, 0.05) is 26.2 Å². The Kier molecular flexibility index (Phi) is 4.26. The van der Waals surface area contributed by atoms with E-state index in [0.717, 1.165) is 19.0 Å². The summed E-state index contributed by atoms with van der Waals surface area (Å²) in [7, 11) is 2.13. The van der Waals surface area contributed by atoms with Crippen molar-refractivity contribution in [3.63, 3.8) is 0 Å². The quantitative estimate of drug-likeness (QED) is 0.815. The van der Waals surface area contributed by atoms with E-state index in [4.69, 9.17) is 9.15 Å². The molecule has 1 aliphatic heterocycles. The SMILES string of the molecule is Cc1ocnc1C(=O)N1CCO[C@@H](CN(C)CC2CC2)C1. The lowest BCUT2D eigenvalue weighted by Crippen LogP contribution is -2.49. The van der Waals surface area contributed by atoms with E-state index < -0.39 is 0 Å². The number of ether oxygens (including phenoxy) is 1. The van der Waals surface area contributed by atoms with E-state index in [0.29, 0.717) is 31.2 Å². The van der Waals surface area contributed by atoms with Gasteiger partial charge in [-0.15, -0.1) is 0 Å². The molecule has 21 heavy (non-hydrogen) atoms.